The highest BCUT2D eigenvalue weighted by molar-refractivity contribution is 5.21. The first-order chi connectivity index (χ1) is 6.34. The van der Waals surface area contributed by atoms with Gasteiger partial charge in [0.2, 0.25) is 0 Å². The molecule has 2 aliphatic carbocycles. The molecule has 2 fully saturated rings. The minimum absolute atomic E-state index is 0.163. The lowest BCUT2D eigenvalue weighted by Crippen LogP contribution is -2.24. The van der Waals surface area contributed by atoms with E-state index in [-0.39, 0.29) is 5.54 Å². The van der Waals surface area contributed by atoms with Crippen LogP contribution in [-0.2, 0) is 5.54 Å². The Hall–Kier alpha value is -0.830. The summed E-state index contributed by atoms with van der Waals surface area (Å²) in [7, 11) is 2.00. The second-order valence-electron chi connectivity index (χ2n) is 4.18. The third kappa shape index (κ3) is 1.10. The molecule has 3 heteroatoms. The maximum Gasteiger partial charge on any atom is 0.197 e. The van der Waals surface area contributed by atoms with Crippen molar-refractivity contribution >= 4 is 0 Å². The van der Waals surface area contributed by atoms with E-state index in [2.05, 4.69) is 10.3 Å². The van der Waals surface area contributed by atoms with E-state index in [1.807, 2.05) is 13.3 Å². The van der Waals surface area contributed by atoms with Crippen molar-refractivity contribution in [1.29, 1.82) is 0 Å². The minimum Gasteiger partial charge on any atom is -0.448 e. The second-order valence-corrected chi connectivity index (χ2v) is 4.18. The zero-order valence-electron chi connectivity index (χ0n) is 7.84. The summed E-state index contributed by atoms with van der Waals surface area (Å²) in [5, 5.41) is 3.32. The molecular weight excluding hydrogens is 164 g/mol. The number of rotatable bonds is 3. The van der Waals surface area contributed by atoms with Crippen LogP contribution in [0.25, 0.3) is 0 Å². The van der Waals surface area contributed by atoms with Crippen LogP contribution in [0.2, 0.25) is 0 Å². The Balaban J connectivity index is 1.88. The van der Waals surface area contributed by atoms with Crippen LogP contribution in [0.5, 0.6) is 0 Å². The summed E-state index contributed by atoms with van der Waals surface area (Å²) in [6.07, 6.45) is 6.73. The first-order valence-electron chi connectivity index (χ1n) is 4.99. The van der Waals surface area contributed by atoms with Gasteiger partial charge in [-0.15, -0.1) is 0 Å². The van der Waals surface area contributed by atoms with Crippen molar-refractivity contribution in [2.45, 2.75) is 37.1 Å². The first kappa shape index (κ1) is 7.56. The van der Waals surface area contributed by atoms with Gasteiger partial charge in [0.05, 0.1) is 11.2 Å². The van der Waals surface area contributed by atoms with Crippen LogP contribution in [-0.4, -0.2) is 12.0 Å². The molecule has 2 aliphatic rings. The van der Waals surface area contributed by atoms with Crippen molar-refractivity contribution in [3.63, 3.8) is 0 Å². The van der Waals surface area contributed by atoms with Crippen LogP contribution in [0.15, 0.2) is 10.7 Å². The van der Waals surface area contributed by atoms with E-state index in [0.717, 1.165) is 11.6 Å². The van der Waals surface area contributed by atoms with Gasteiger partial charge >= 0.3 is 0 Å². The predicted molar refractivity (Wildman–Crippen MR) is 48.4 cm³/mol. The minimum atomic E-state index is 0.163. The highest BCUT2D eigenvalue weighted by atomic mass is 16.3. The molecule has 0 aromatic carbocycles. The van der Waals surface area contributed by atoms with E-state index < -0.39 is 0 Å². The monoisotopic (exact) mass is 178 g/mol. The Labute approximate surface area is 77.5 Å². The van der Waals surface area contributed by atoms with E-state index in [1.54, 1.807) is 0 Å². The Morgan fingerprint density at radius 1 is 1.54 bits per heavy atom. The smallest absolute Gasteiger partial charge is 0.197 e. The quantitative estimate of drug-likeness (QED) is 0.766. The van der Waals surface area contributed by atoms with Gasteiger partial charge in [-0.05, 0) is 32.7 Å². The Bertz CT molecular complexity index is 323. The largest absolute Gasteiger partial charge is 0.448 e. The van der Waals surface area contributed by atoms with Gasteiger partial charge in [-0.25, -0.2) is 4.98 Å². The third-order valence-corrected chi connectivity index (χ3v) is 3.17. The van der Waals surface area contributed by atoms with Crippen molar-refractivity contribution in [3.05, 3.63) is 17.8 Å². The van der Waals surface area contributed by atoms with Crippen molar-refractivity contribution < 1.29 is 4.42 Å². The standard InChI is InChI=1S/C10H14N2O/c1-11-10(4-5-10)8-6-13-9(12-8)7-2-3-7/h6-7,11H,2-5H2,1H3. The molecule has 1 aromatic heterocycles. The normalized spacial score (nSPS) is 24.7. The molecule has 13 heavy (non-hydrogen) atoms. The number of hydrogen-bond donors (Lipinski definition) is 1. The number of nitrogens with one attached hydrogen (secondary N) is 1. The fourth-order valence-electron chi connectivity index (χ4n) is 1.78. The lowest BCUT2D eigenvalue weighted by molar-refractivity contribution is 0.494. The third-order valence-electron chi connectivity index (χ3n) is 3.17. The van der Waals surface area contributed by atoms with Crippen LogP contribution in [0, 0.1) is 0 Å². The number of aromatic nitrogens is 1. The van der Waals surface area contributed by atoms with Crippen LogP contribution in [0.4, 0.5) is 0 Å². The number of oxazole rings is 1. The van der Waals surface area contributed by atoms with E-state index in [4.69, 9.17) is 4.42 Å². The molecule has 1 aromatic rings. The van der Waals surface area contributed by atoms with E-state index in [1.165, 1.54) is 25.7 Å². The Morgan fingerprint density at radius 3 is 2.85 bits per heavy atom. The van der Waals surface area contributed by atoms with Gasteiger partial charge in [0.15, 0.2) is 5.89 Å². The topological polar surface area (TPSA) is 38.1 Å². The van der Waals surface area contributed by atoms with Crippen LogP contribution < -0.4 is 5.32 Å². The van der Waals surface area contributed by atoms with Gasteiger partial charge in [0, 0.05) is 5.92 Å². The van der Waals surface area contributed by atoms with Crippen LogP contribution >= 0.6 is 0 Å². The highest BCUT2D eigenvalue weighted by Gasteiger charge is 2.46. The molecule has 0 radical (unpaired) electrons. The van der Waals surface area contributed by atoms with Crippen LogP contribution in [0.1, 0.15) is 43.2 Å². The molecule has 0 bridgehead atoms. The Morgan fingerprint density at radius 2 is 2.31 bits per heavy atom. The summed E-state index contributed by atoms with van der Waals surface area (Å²) in [6, 6.07) is 0. The van der Waals surface area contributed by atoms with Crippen molar-refractivity contribution in [1.82, 2.24) is 10.3 Å². The molecule has 0 aliphatic heterocycles. The molecule has 70 valence electrons. The zero-order chi connectivity index (χ0) is 8.89. The second kappa shape index (κ2) is 2.35. The van der Waals surface area contributed by atoms with Crippen LogP contribution in [0.3, 0.4) is 0 Å². The fourth-order valence-corrected chi connectivity index (χ4v) is 1.78. The maximum atomic E-state index is 5.47. The molecule has 0 saturated heterocycles. The highest BCUT2D eigenvalue weighted by Crippen LogP contribution is 2.46. The number of hydrogen-bond acceptors (Lipinski definition) is 3. The average molecular weight is 178 g/mol. The first-order valence-corrected chi connectivity index (χ1v) is 4.99. The van der Waals surface area contributed by atoms with Gasteiger partial charge in [0.1, 0.15) is 6.26 Å². The number of nitrogens with zero attached hydrogens (tertiary/aromatic N) is 1. The predicted octanol–water partition coefficient (Wildman–Crippen LogP) is 1.76. The molecule has 3 nitrogen and oxygen atoms in total. The molecule has 2 saturated carbocycles. The lowest BCUT2D eigenvalue weighted by atomic mass is 10.2. The SMILES string of the molecule is CNC1(c2coc(C3CC3)n2)CC1. The molecule has 0 spiro atoms. The molecular formula is C10H14N2O. The molecule has 1 heterocycles. The van der Waals surface area contributed by atoms with E-state index in [0.29, 0.717) is 5.92 Å². The zero-order valence-corrected chi connectivity index (χ0v) is 7.84. The maximum absolute atomic E-state index is 5.47. The average Bonchev–Trinajstić information content (AvgIpc) is 3.07. The molecule has 1 N–H and O–H groups in total. The van der Waals surface area contributed by atoms with Gasteiger partial charge in [-0.3, -0.25) is 0 Å². The van der Waals surface area contributed by atoms with Crippen molar-refractivity contribution in [3.8, 4) is 0 Å². The van der Waals surface area contributed by atoms with E-state index in [9.17, 15) is 0 Å². The summed E-state index contributed by atoms with van der Waals surface area (Å²) in [4.78, 5) is 4.55. The van der Waals surface area contributed by atoms with E-state index >= 15 is 0 Å². The molecule has 0 amide bonds. The molecule has 3 rings (SSSR count). The summed E-state index contributed by atoms with van der Waals surface area (Å²) < 4.78 is 5.47. The van der Waals surface area contributed by atoms with Gasteiger partial charge in [0.25, 0.3) is 0 Å². The lowest BCUT2D eigenvalue weighted by Gasteiger charge is -2.08. The molecule has 0 unspecified atom stereocenters. The van der Waals surface area contributed by atoms with Crippen molar-refractivity contribution in [2.75, 3.05) is 7.05 Å². The van der Waals surface area contributed by atoms with Crippen molar-refractivity contribution in [2.24, 2.45) is 0 Å². The molecule has 0 atom stereocenters. The summed E-state index contributed by atoms with van der Waals surface area (Å²) in [5.74, 6) is 1.58. The summed E-state index contributed by atoms with van der Waals surface area (Å²) >= 11 is 0. The Kier molecular flexibility index (Phi) is 1.37. The fraction of sp³-hybridized carbons (Fsp3) is 0.700. The van der Waals surface area contributed by atoms with Gasteiger partial charge in [-0.1, -0.05) is 0 Å². The summed E-state index contributed by atoms with van der Waals surface area (Å²) in [6.45, 7) is 0. The van der Waals surface area contributed by atoms with Gasteiger partial charge < -0.3 is 9.73 Å². The summed E-state index contributed by atoms with van der Waals surface area (Å²) in [5.41, 5.74) is 1.27. The van der Waals surface area contributed by atoms with Gasteiger partial charge in [-0.2, -0.15) is 0 Å².